The summed E-state index contributed by atoms with van der Waals surface area (Å²) in [5.41, 5.74) is 3.53. The van der Waals surface area contributed by atoms with E-state index in [0.29, 0.717) is 22.0 Å². The summed E-state index contributed by atoms with van der Waals surface area (Å²) < 4.78 is 5.16. The quantitative estimate of drug-likeness (QED) is 0.683. The van der Waals surface area contributed by atoms with Crippen LogP contribution in [0.2, 0.25) is 5.02 Å². The molecule has 1 aromatic heterocycles. The highest BCUT2D eigenvalue weighted by Crippen LogP contribution is 2.30. The van der Waals surface area contributed by atoms with E-state index in [2.05, 4.69) is 15.5 Å². The Bertz CT molecular complexity index is 678. The SMILES string of the molecule is N#CC(C#N)=NNc1ccc(Cl)c(-c2cnco2)c1. The highest BCUT2D eigenvalue weighted by molar-refractivity contribution is 6.33. The standard InChI is InChI=1S/C12H6ClN5O/c13-11-2-1-8(17-18-9(4-14)5-15)3-10(11)12-6-16-7-19-12/h1-3,6-7,17H. The number of rotatable bonds is 3. The first-order valence-corrected chi connectivity index (χ1v) is 5.44. The molecule has 0 amide bonds. The first kappa shape index (κ1) is 12.6. The van der Waals surface area contributed by atoms with Crippen molar-refractivity contribution in [2.24, 2.45) is 5.10 Å². The Morgan fingerprint density at radius 1 is 1.37 bits per heavy atom. The largest absolute Gasteiger partial charge is 0.443 e. The number of aromatic nitrogens is 1. The molecule has 0 aliphatic carbocycles. The summed E-state index contributed by atoms with van der Waals surface area (Å²) in [4.78, 5) is 3.81. The number of nitrogens with one attached hydrogen (secondary N) is 1. The highest BCUT2D eigenvalue weighted by atomic mass is 35.5. The highest BCUT2D eigenvalue weighted by Gasteiger charge is 2.08. The normalized spacial score (nSPS) is 9.21. The zero-order valence-electron chi connectivity index (χ0n) is 9.46. The fourth-order valence-electron chi connectivity index (χ4n) is 1.33. The van der Waals surface area contributed by atoms with E-state index in [0.717, 1.165) is 0 Å². The monoisotopic (exact) mass is 271 g/mol. The van der Waals surface area contributed by atoms with Crippen molar-refractivity contribution < 1.29 is 4.42 Å². The first-order chi connectivity index (χ1) is 9.24. The summed E-state index contributed by atoms with van der Waals surface area (Å²) in [5.74, 6) is 0.512. The van der Waals surface area contributed by atoms with Gasteiger partial charge in [0.1, 0.15) is 12.1 Å². The third-order valence-electron chi connectivity index (χ3n) is 2.17. The number of benzene rings is 1. The van der Waals surface area contributed by atoms with Crippen LogP contribution in [-0.2, 0) is 0 Å². The second kappa shape index (κ2) is 5.67. The van der Waals surface area contributed by atoms with E-state index in [4.69, 9.17) is 26.5 Å². The Morgan fingerprint density at radius 2 is 2.16 bits per heavy atom. The van der Waals surface area contributed by atoms with Gasteiger partial charge in [-0.2, -0.15) is 15.6 Å². The number of nitrogens with zero attached hydrogens (tertiary/aromatic N) is 4. The molecule has 2 aromatic rings. The van der Waals surface area contributed by atoms with Crippen molar-refractivity contribution in [1.29, 1.82) is 10.5 Å². The third-order valence-corrected chi connectivity index (χ3v) is 2.50. The zero-order valence-corrected chi connectivity index (χ0v) is 10.2. The van der Waals surface area contributed by atoms with Gasteiger partial charge in [0.15, 0.2) is 12.2 Å². The van der Waals surface area contributed by atoms with E-state index in [1.807, 2.05) is 0 Å². The molecular weight excluding hydrogens is 266 g/mol. The molecule has 6 nitrogen and oxygen atoms in total. The summed E-state index contributed by atoms with van der Waals surface area (Å²) in [6, 6.07) is 8.29. The van der Waals surface area contributed by atoms with Crippen molar-refractivity contribution in [1.82, 2.24) is 4.98 Å². The van der Waals surface area contributed by atoms with E-state index in [1.54, 1.807) is 30.3 Å². The molecular formula is C12H6ClN5O. The van der Waals surface area contributed by atoms with Crippen LogP contribution in [0, 0.1) is 22.7 Å². The van der Waals surface area contributed by atoms with E-state index in [-0.39, 0.29) is 5.71 Å². The van der Waals surface area contributed by atoms with Crippen LogP contribution in [0.5, 0.6) is 0 Å². The Kier molecular flexibility index (Phi) is 3.77. The molecule has 0 unspecified atom stereocenters. The molecule has 92 valence electrons. The van der Waals surface area contributed by atoms with Crippen molar-refractivity contribution in [3.8, 4) is 23.5 Å². The molecule has 0 spiro atoms. The number of hydrazone groups is 1. The van der Waals surface area contributed by atoms with Gasteiger partial charge < -0.3 is 4.42 Å². The number of hydrogen-bond donors (Lipinski definition) is 1. The van der Waals surface area contributed by atoms with Crippen LogP contribution < -0.4 is 5.43 Å². The van der Waals surface area contributed by atoms with E-state index in [1.165, 1.54) is 12.6 Å². The maximum absolute atomic E-state index is 8.57. The predicted octanol–water partition coefficient (Wildman–Crippen LogP) is 2.81. The Balaban J connectivity index is 2.31. The van der Waals surface area contributed by atoms with Crippen molar-refractivity contribution in [3.63, 3.8) is 0 Å². The smallest absolute Gasteiger partial charge is 0.237 e. The van der Waals surface area contributed by atoms with Gasteiger partial charge in [0.25, 0.3) is 0 Å². The van der Waals surface area contributed by atoms with Gasteiger partial charge in [0, 0.05) is 5.56 Å². The molecule has 0 aliphatic heterocycles. The van der Waals surface area contributed by atoms with Gasteiger partial charge in [-0.15, -0.1) is 0 Å². The van der Waals surface area contributed by atoms with Gasteiger partial charge in [-0.3, -0.25) is 5.43 Å². The molecule has 0 saturated heterocycles. The molecule has 1 N–H and O–H groups in total. The molecule has 0 saturated carbocycles. The number of nitriles is 2. The summed E-state index contributed by atoms with van der Waals surface area (Å²) >= 11 is 6.05. The average Bonchev–Trinajstić information content (AvgIpc) is 2.95. The van der Waals surface area contributed by atoms with Gasteiger partial charge >= 0.3 is 0 Å². The lowest BCUT2D eigenvalue weighted by Crippen LogP contribution is -1.96. The molecule has 19 heavy (non-hydrogen) atoms. The second-order valence-corrected chi connectivity index (χ2v) is 3.76. The van der Waals surface area contributed by atoms with E-state index in [9.17, 15) is 0 Å². The Hall–Kier alpha value is -2.83. The van der Waals surface area contributed by atoms with Crippen LogP contribution in [-0.4, -0.2) is 10.7 Å². The number of halogens is 1. The number of hydrogen-bond acceptors (Lipinski definition) is 6. The van der Waals surface area contributed by atoms with Gasteiger partial charge in [-0.05, 0) is 18.2 Å². The van der Waals surface area contributed by atoms with Crippen LogP contribution in [0.15, 0.2) is 40.3 Å². The fourth-order valence-corrected chi connectivity index (χ4v) is 1.54. The molecule has 0 radical (unpaired) electrons. The topological polar surface area (TPSA) is 98.0 Å². The summed E-state index contributed by atoms with van der Waals surface area (Å²) in [6.07, 6.45) is 2.83. The van der Waals surface area contributed by atoms with Crippen molar-refractivity contribution in [3.05, 3.63) is 35.8 Å². The lowest BCUT2D eigenvalue weighted by molar-refractivity contribution is 0.572. The van der Waals surface area contributed by atoms with Gasteiger partial charge in [0.2, 0.25) is 5.71 Å². The predicted molar refractivity (Wildman–Crippen MR) is 69.2 cm³/mol. The summed E-state index contributed by atoms with van der Waals surface area (Å²) in [5, 5.41) is 21.3. The van der Waals surface area contributed by atoms with Gasteiger partial charge in [0.05, 0.1) is 16.9 Å². The number of anilines is 1. The minimum Gasteiger partial charge on any atom is -0.443 e. The molecule has 0 bridgehead atoms. The van der Waals surface area contributed by atoms with Gasteiger partial charge in [-0.1, -0.05) is 11.6 Å². The summed E-state index contributed by atoms with van der Waals surface area (Å²) in [7, 11) is 0. The van der Waals surface area contributed by atoms with Crippen LogP contribution in [0.4, 0.5) is 5.69 Å². The Morgan fingerprint density at radius 3 is 2.79 bits per heavy atom. The van der Waals surface area contributed by atoms with E-state index >= 15 is 0 Å². The summed E-state index contributed by atoms with van der Waals surface area (Å²) in [6.45, 7) is 0. The zero-order chi connectivity index (χ0) is 13.7. The lowest BCUT2D eigenvalue weighted by atomic mass is 10.1. The van der Waals surface area contributed by atoms with Crippen LogP contribution in [0.3, 0.4) is 0 Å². The van der Waals surface area contributed by atoms with Crippen LogP contribution >= 0.6 is 11.6 Å². The maximum atomic E-state index is 8.57. The molecule has 0 aliphatic rings. The van der Waals surface area contributed by atoms with Crippen molar-refractivity contribution >= 4 is 23.0 Å². The molecule has 7 heteroatoms. The van der Waals surface area contributed by atoms with Crippen LogP contribution in [0.1, 0.15) is 0 Å². The van der Waals surface area contributed by atoms with Crippen molar-refractivity contribution in [2.45, 2.75) is 0 Å². The molecule has 2 rings (SSSR count). The minimum atomic E-state index is -0.267. The average molecular weight is 272 g/mol. The number of oxazole rings is 1. The second-order valence-electron chi connectivity index (χ2n) is 3.36. The molecule has 1 heterocycles. The van der Waals surface area contributed by atoms with Crippen molar-refractivity contribution in [2.75, 3.05) is 5.43 Å². The molecule has 0 fully saturated rings. The van der Waals surface area contributed by atoms with Crippen LogP contribution in [0.25, 0.3) is 11.3 Å². The molecule has 1 aromatic carbocycles. The van der Waals surface area contributed by atoms with Gasteiger partial charge in [-0.25, -0.2) is 4.98 Å². The first-order valence-electron chi connectivity index (χ1n) is 5.07. The fraction of sp³-hybridized carbons (Fsp3) is 0. The van der Waals surface area contributed by atoms with E-state index < -0.39 is 0 Å². The maximum Gasteiger partial charge on any atom is 0.237 e. The third kappa shape index (κ3) is 2.89. The Labute approximate surface area is 113 Å². The minimum absolute atomic E-state index is 0.267. The lowest BCUT2D eigenvalue weighted by Gasteiger charge is -2.04. The molecule has 0 atom stereocenters.